The van der Waals surface area contributed by atoms with Crippen molar-refractivity contribution in [2.24, 2.45) is 0 Å². The lowest BCUT2D eigenvalue weighted by Crippen LogP contribution is -2.31. The molecule has 0 aliphatic heterocycles. The third-order valence-electron chi connectivity index (χ3n) is 2.69. The zero-order valence-electron chi connectivity index (χ0n) is 10.6. The third kappa shape index (κ3) is 3.51. The molecule has 0 fully saturated rings. The van der Waals surface area contributed by atoms with E-state index in [0.29, 0.717) is 13.0 Å². The van der Waals surface area contributed by atoms with Crippen LogP contribution in [0.5, 0.6) is 0 Å². The summed E-state index contributed by atoms with van der Waals surface area (Å²) in [6.45, 7) is 2.22. The molecule has 0 unspecified atom stereocenters. The first kappa shape index (κ1) is 13.0. The number of carbonyl (C=O) groups excluding carboxylic acids is 1. The first-order chi connectivity index (χ1) is 9.16. The highest BCUT2D eigenvalue weighted by Gasteiger charge is 2.09. The van der Waals surface area contributed by atoms with Crippen LogP contribution in [0, 0.1) is 6.92 Å². The summed E-state index contributed by atoms with van der Waals surface area (Å²) < 4.78 is 0. The van der Waals surface area contributed by atoms with Crippen LogP contribution in [-0.2, 0) is 6.42 Å². The summed E-state index contributed by atoms with van der Waals surface area (Å²) >= 11 is 0. The molecule has 0 radical (unpaired) electrons. The van der Waals surface area contributed by atoms with Gasteiger partial charge in [0.05, 0.1) is 0 Å². The summed E-state index contributed by atoms with van der Waals surface area (Å²) in [6, 6.07) is 8.87. The Hall–Kier alpha value is -2.43. The monoisotopic (exact) mass is 257 g/mol. The van der Waals surface area contributed by atoms with Crippen LogP contribution in [0.15, 0.2) is 41.3 Å². The van der Waals surface area contributed by atoms with Gasteiger partial charge in [-0.05, 0) is 31.2 Å². The number of aromatic amines is 1. The van der Waals surface area contributed by atoms with E-state index in [1.165, 1.54) is 6.07 Å². The number of aryl methyl sites for hydroxylation is 1. The molecule has 2 rings (SSSR count). The minimum Gasteiger partial charge on any atom is -0.351 e. The van der Waals surface area contributed by atoms with Gasteiger partial charge in [0.15, 0.2) is 0 Å². The van der Waals surface area contributed by atoms with Gasteiger partial charge in [-0.2, -0.15) is 0 Å². The van der Waals surface area contributed by atoms with Gasteiger partial charge in [0.1, 0.15) is 5.56 Å². The van der Waals surface area contributed by atoms with Crippen LogP contribution in [0.3, 0.4) is 0 Å². The van der Waals surface area contributed by atoms with E-state index in [9.17, 15) is 9.59 Å². The Morgan fingerprint density at radius 1 is 1.32 bits per heavy atom. The molecule has 5 heteroatoms. The van der Waals surface area contributed by atoms with Crippen molar-refractivity contribution in [2.75, 3.05) is 6.54 Å². The van der Waals surface area contributed by atoms with Crippen LogP contribution in [0.4, 0.5) is 0 Å². The normalized spacial score (nSPS) is 10.2. The summed E-state index contributed by atoms with van der Waals surface area (Å²) in [6.07, 6.45) is 2.35. The van der Waals surface area contributed by atoms with Gasteiger partial charge >= 0.3 is 0 Å². The molecule has 2 N–H and O–H groups in total. The lowest BCUT2D eigenvalue weighted by molar-refractivity contribution is 0.0952. The number of rotatable bonds is 4. The lowest BCUT2D eigenvalue weighted by atomic mass is 10.2. The maximum atomic E-state index is 11.8. The lowest BCUT2D eigenvalue weighted by Gasteiger charge is -2.04. The average molecular weight is 257 g/mol. The molecule has 2 aromatic rings. The summed E-state index contributed by atoms with van der Waals surface area (Å²) in [4.78, 5) is 30.2. The Balaban J connectivity index is 1.93. The number of hydrogen-bond acceptors (Lipinski definition) is 3. The smallest absolute Gasteiger partial charge is 0.260 e. The first-order valence-electron chi connectivity index (χ1n) is 6.05. The van der Waals surface area contributed by atoms with Crippen molar-refractivity contribution in [2.45, 2.75) is 13.3 Å². The first-order valence-corrected chi connectivity index (χ1v) is 6.05. The van der Waals surface area contributed by atoms with E-state index in [1.54, 1.807) is 19.2 Å². The maximum absolute atomic E-state index is 11.8. The highest BCUT2D eigenvalue weighted by molar-refractivity contribution is 5.93. The quantitative estimate of drug-likeness (QED) is 0.859. The number of amides is 1. The molecular weight excluding hydrogens is 242 g/mol. The Morgan fingerprint density at radius 2 is 2.16 bits per heavy atom. The second kappa shape index (κ2) is 5.95. The Bertz CT molecular complexity index is 620. The molecule has 0 spiro atoms. The number of nitrogens with one attached hydrogen (secondary N) is 2. The standard InChI is InChI=1S/C14H15N3O2/c1-10-5-6-12(14(19)17-10)13(18)16-9-7-11-4-2-3-8-15-11/h2-6,8H,7,9H2,1H3,(H,16,18)(H,17,19). The summed E-state index contributed by atoms with van der Waals surface area (Å²) in [5.41, 5.74) is 1.40. The molecule has 2 heterocycles. The summed E-state index contributed by atoms with van der Waals surface area (Å²) in [5.74, 6) is -0.364. The number of H-pyrrole nitrogens is 1. The molecule has 2 aromatic heterocycles. The van der Waals surface area contributed by atoms with Crippen LogP contribution in [0.25, 0.3) is 0 Å². The number of carbonyl (C=O) groups is 1. The average Bonchev–Trinajstić information content (AvgIpc) is 2.39. The topological polar surface area (TPSA) is 74.8 Å². The van der Waals surface area contributed by atoms with Crippen LogP contribution in [0.1, 0.15) is 21.7 Å². The zero-order valence-corrected chi connectivity index (χ0v) is 10.6. The fourth-order valence-corrected chi connectivity index (χ4v) is 1.70. The van der Waals surface area contributed by atoms with Crippen molar-refractivity contribution in [1.82, 2.24) is 15.3 Å². The van der Waals surface area contributed by atoms with Crippen molar-refractivity contribution >= 4 is 5.91 Å². The predicted octanol–water partition coefficient (Wildman–Crippen LogP) is 1.05. The second-order valence-electron chi connectivity index (χ2n) is 4.21. The van der Waals surface area contributed by atoms with E-state index >= 15 is 0 Å². The number of aromatic nitrogens is 2. The highest BCUT2D eigenvalue weighted by Crippen LogP contribution is 1.95. The highest BCUT2D eigenvalue weighted by atomic mass is 16.2. The minimum atomic E-state index is -0.365. The van der Waals surface area contributed by atoms with E-state index in [-0.39, 0.29) is 17.0 Å². The number of nitrogens with zero attached hydrogens (tertiary/aromatic N) is 1. The van der Waals surface area contributed by atoms with Gasteiger partial charge in [-0.15, -0.1) is 0 Å². The molecule has 0 aliphatic rings. The largest absolute Gasteiger partial charge is 0.351 e. The molecule has 1 amide bonds. The van der Waals surface area contributed by atoms with Crippen LogP contribution >= 0.6 is 0 Å². The van der Waals surface area contributed by atoms with Crippen molar-refractivity contribution in [1.29, 1.82) is 0 Å². The van der Waals surface area contributed by atoms with Gasteiger partial charge in [-0.1, -0.05) is 6.07 Å². The number of pyridine rings is 2. The van der Waals surface area contributed by atoms with Crippen LogP contribution in [0.2, 0.25) is 0 Å². The third-order valence-corrected chi connectivity index (χ3v) is 2.69. The van der Waals surface area contributed by atoms with Crippen molar-refractivity contribution in [3.8, 4) is 0 Å². The Kier molecular flexibility index (Phi) is 4.07. The van der Waals surface area contributed by atoms with Crippen molar-refractivity contribution in [3.05, 3.63) is 63.8 Å². The molecular formula is C14H15N3O2. The van der Waals surface area contributed by atoms with Gasteiger partial charge in [0.25, 0.3) is 11.5 Å². The Labute approximate surface area is 110 Å². The van der Waals surface area contributed by atoms with Crippen LogP contribution in [-0.4, -0.2) is 22.4 Å². The molecule has 0 bridgehead atoms. The Morgan fingerprint density at radius 3 is 2.84 bits per heavy atom. The van der Waals surface area contributed by atoms with Crippen LogP contribution < -0.4 is 10.9 Å². The minimum absolute atomic E-state index is 0.131. The summed E-state index contributed by atoms with van der Waals surface area (Å²) in [7, 11) is 0. The van der Waals surface area contributed by atoms with Gasteiger partial charge < -0.3 is 10.3 Å². The van der Waals surface area contributed by atoms with Crippen molar-refractivity contribution in [3.63, 3.8) is 0 Å². The SMILES string of the molecule is Cc1ccc(C(=O)NCCc2ccccn2)c(=O)[nH]1. The van der Waals surface area contributed by atoms with E-state index in [1.807, 2.05) is 18.2 Å². The van der Waals surface area contributed by atoms with E-state index in [0.717, 1.165) is 11.4 Å². The zero-order chi connectivity index (χ0) is 13.7. The second-order valence-corrected chi connectivity index (χ2v) is 4.21. The number of hydrogen-bond donors (Lipinski definition) is 2. The van der Waals surface area contributed by atoms with Gasteiger partial charge in [0.2, 0.25) is 0 Å². The van der Waals surface area contributed by atoms with Gasteiger partial charge in [-0.25, -0.2) is 0 Å². The van der Waals surface area contributed by atoms with Gasteiger partial charge in [0, 0.05) is 30.6 Å². The van der Waals surface area contributed by atoms with E-state index < -0.39 is 0 Å². The molecule has 19 heavy (non-hydrogen) atoms. The fourth-order valence-electron chi connectivity index (χ4n) is 1.70. The summed E-state index contributed by atoms with van der Waals surface area (Å²) in [5, 5.41) is 2.71. The molecule has 0 saturated heterocycles. The van der Waals surface area contributed by atoms with E-state index in [2.05, 4.69) is 15.3 Å². The van der Waals surface area contributed by atoms with E-state index in [4.69, 9.17) is 0 Å². The molecule has 5 nitrogen and oxygen atoms in total. The molecule has 0 saturated carbocycles. The molecule has 0 aliphatic carbocycles. The fraction of sp³-hybridized carbons (Fsp3) is 0.214. The molecule has 98 valence electrons. The maximum Gasteiger partial charge on any atom is 0.260 e. The molecule has 0 atom stereocenters. The predicted molar refractivity (Wildman–Crippen MR) is 72.1 cm³/mol. The molecule has 0 aromatic carbocycles. The van der Waals surface area contributed by atoms with Crippen molar-refractivity contribution < 1.29 is 4.79 Å². The van der Waals surface area contributed by atoms with Gasteiger partial charge in [-0.3, -0.25) is 14.6 Å².